The number of nitrogens with zero attached hydrogens (tertiary/aromatic N) is 3. The lowest BCUT2D eigenvalue weighted by Gasteiger charge is -2.45. The second-order valence-electron chi connectivity index (χ2n) is 7.18. The van der Waals surface area contributed by atoms with Crippen LogP contribution in [-0.4, -0.2) is 26.9 Å². The molecule has 2 N–H and O–H groups in total. The Hall–Kier alpha value is -2.42. The van der Waals surface area contributed by atoms with Gasteiger partial charge >= 0.3 is 6.18 Å². The van der Waals surface area contributed by atoms with E-state index in [1.165, 1.54) is 19.1 Å². The van der Waals surface area contributed by atoms with Crippen LogP contribution in [0.2, 0.25) is 0 Å². The lowest BCUT2D eigenvalue weighted by molar-refractivity contribution is -0.137. The molecule has 3 rings (SSSR count). The molecular formula is C18H22F3N5O. The summed E-state index contributed by atoms with van der Waals surface area (Å²) < 4.78 is 40.3. The summed E-state index contributed by atoms with van der Waals surface area (Å²) in [4.78, 5) is 11.9. The van der Waals surface area contributed by atoms with Crippen molar-refractivity contribution in [3.05, 3.63) is 47.3 Å². The van der Waals surface area contributed by atoms with Gasteiger partial charge in [-0.15, -0.1) is 5.10 Å². The number of rotatable bonds is 3. The molecule has 27 heavy (non-hydrogen) atoms. The van der Waals surface area contributed by atoms with E-state index in [2.05, 4.69) is 20.9 Å². The van der Waals surface area contributed by atoms with Gasteiger partial charge in [0.25, 0.3) is 0 Å². The summed E-state index contributed by atoms with van der Waals surface area (Å²) in [6, 6.07) is 4.84. The second-order valence-corrected chi connectivity index (χ2v) is 7.18. The molecule has 1 amide bonds. The third-order valence-corrected chi connectivity index (χ3v) is 4.85. The summed E-state index contributed by atoms with van der Waals surface area (Å²) in [5.74, 6) is -0.234. The van der Waals surface area contributed by atoms with E-state index >= 15 is 0 Å². The topological polar surface area (TPSA) is 71.8 Å². The number of nitrogens with one attached hydrogen (secondary N) is 2. The number of benzene rings is 1. The zero-order valence-corrected chi connectivity index (χ0v) is 15.3. The Labute approximate surface area is 155 Å². The largest absolute Gasteiger partial charge is 0.416 e. The van der Waals surface area contributed by atoms with Gasteiger partial charge in [0.1, 0.15) is 0 Å². The van der Waals surface area contributed by atoms with Crippen molar-refractivity contribution in [2.24, 2.45) is 7.05 Å². The molecule has 1 aromatic carbocycles. The van der Waals surface area contributed by atoms with Gasteiger partial charge in [0, 0.05) is 26.2 Å². The van der Waals surface area contributed by atoms with E-state index in [-0.39, 0.29) is 18.0 Å². The summed E-state index contributed by atoms with van der Waals surface area (Å²) in [5.41, 5.74) is -0.127. The monoisotopic (exact) mass is 381 g/mol. The van der Waals surface area contributed by atoms with Crippen molar-refractivity contribution in [3.8, 4) is 0 Å². The molecule has 1 saturated heterocycles. The van der Waals surface area contributed by atoms with Crippen LogP contribution >= 0.6 is 0 Å². The minimum absolute atomic E-state index is 0.0138. The molecule has 6 nitrogen and oxygen atoms in total. The van der Waals surface area contributed by atoms with Crippen LogP contribution in [0.1, 0.15) is 49.6 Å². The summed E-state index contributed by atoms with van der Waals surface area (Å²) >= 11 is 0. The molecule has 0 bridgehead atoms. The maximum absolute atomic E-state index is 12.9. The number of piperidine rings is 1. The lowest BCUT2D eigenvalue weighted by atomic mass is 9.75. The molecule has 0 aliphatic carbocycles. The fourth-order valence-electron chi connectivity index (χ4n) is 3.86. The van der Waals surface area contributed by atoms with Crippen molar-refractivity contribution in [2.75, 3.05) is 0 Å². The molecule has 0 unspecified atom stereocenters. The highest BCUT2D eigenvalue weighted by Crippen LogP contribution is 2.40. The third-order valence-electron chi connectivity index (χ3n) is 4.85. The van der Waals surface area contributed by atoms with E-state index in [0.29, 0.717) is 18.4 Å². The van der Waals surface area contributed by atoms with Gasteiger partial charge in [-0.25, -0.2) is 0 Å². The molecule has 0 saturated carbocycles. The maximum Gasteiger partial charge on any atom is 0.416 e. The molecule has 1 fully saturated rings. The van der Waals surface area contributed by atoms with E-state index in [1.54, 1.807) is 17.9 Å². The Morgan fingerprint density at radius 2 is 1.96 bits per heavy atom. The van der Waals surface area contributed by atoms with Gasteiger partial charge in [0.05, 0.1) is 22.8 Å². The fraction of sp³-hybridized carbons (Fsp3) is 0.500. The van der Waals surface area contributed by atoms with Gasteiger partial charge in [-0.3, -0.25) is 9.48 Å². The van der Waals surface area contributed by atoms with Gasteiger partial charge < -0.3 is 10.6 Å². The highest BCUT2D eigenvalue weighted by Gasteiger charge is 2.43. The van der Waals surface area contributed by atoms with Gasteiger partial charge in [0.2, 0.25) is 5.91 Å². The first-order chi connectivity index (χ1) is 12.6. The van der Waals surface area contributed by atoms with Crippen LogP contribution in [0.3, 0.4) is 0 Å². The Bertz CT molecular complexity index is 817. The number of aromatic nitrogens is 3. The number of halogens is 3. The number of hydrogen-bond acceptors (Lipinski definition) is 4. The molecule has 2 heterocycles. The first kappa shape index (κ1) is 19.3. The summed E-state index contributed by atoms with van der Waals surface area (Å²) in [6.45, 7) is 3.39. The van der Waals surface area contributed by atoms with Gasteiger partial charge in [0.15, 0.2) is 0 Å². The van der Waals surface area contributed by atoms with Gasteiger partial charge in [-0.1, -0.05) is 17.3 Å². The van der Waals surface area contributed by atoms with E-state index in [0.717, 1.165) is 17.8 Å². The molecule has 2 aromatic rings. The minimum atomic E-state index is -4.40. The number of carbonyl (C=O) groups is 1. The predicted octanol–water partition coefficient (Wildman–Crippen LogP) is 2.68. The average molecular weight is 381 g/mol. The van der Waals surface area contributed by atoms with Gasteiger partial charge in [-0.2, -0.15) is 13.2 Å². The standard InChI is InChI=1S/C18H22F3N5O/c1-11-8-17(23-12(2)27,9-15(22-11)16-10-26(3)25-24-16)13-4-6-14(7-5-13)18(19,20)21/h4-7,10-11,15,22H,8-9H2,1-3H3,(H,23,27)/t11-,15-,17-/m0/s1. The van der Waals surface area contributed by atoms with E-state index in [9.17, 15) is 18.0 Å². The molecule has 146 valence electrons. The molecule has 1 aliphatic heterocycles. The first-order valence-corrected chi connectivity index (χ1v) is 8.68. The lowest BCUT2D eigenvalue weighted by Crippen LogP contribution is -2.55. The third kappa shape index (κ3) is 4.13. The molecule has 9 heteroatoms. The summed E-state index contributed by atoms with van der Waals surface area (Å²) in [5, 5.41) is 14.5. The van der Waals surface area contributed by atoms with E-state index < -0.39 is 17.3 Å². The van der Waals surface area contributed by atoms with Crippen LogP contribution in [0.4, 0.5) is 13.2 Å². The first-order valence-electron chi connectivity index (χ1n) is 8.68. The molecular weight excluding hydrogens is 359 g/mol. The van der Waals surface area contributed by atoms with Crippen LogP contribution in [0, 0.1) is 0 Å². The van der Waals surface area contributed by atoms with E-state index in [4.69, 9.17) is 0 Å². The Morgan fingerprint density at radius 1 is 1.30 bits per heavy atom. The van der Waals surface area contributed by atoms with Crippen molar-refractivity contribution in [1.82, 2.24) is 25.6 Å². The number of amides is 1. The number of alkyl halides is 3. The quantitative estimate of drug-likeness (QED) is 0.858. The molecule has 0 radical (unpaired) electrons. The number of hydrogen-bond donors (Lipinski definition) is 2. The van der Waals surface area contributed by atoms with Crippen LogP contribution in [0.25, 0.3) is 0 Å². The van der Waals surface area contributed by atoms with Crippen molar-refractivity contribution in [3.63, 3.8) is 0 Å². The number of carbonyl (C=O) groups excluding carboxylic acids is 1. The maximum atomic E-state index is 12.9. The summed E-state index contributed by atoms with van der Waals surface area (Å²) in [7, 11) is 1.76. The molecule has 3 atom stereocenters. The average Bonchev–Trinajstić information content (AvgIpc) is 2.99. The Balaban J connectivity index is 1.99. The molecule has 1 aromatic heterocycles. The highest BCUT2D eigenvalue weighted by molar-refractivity contribution is 5.74. The smallest absolute Gasteiger partial charge is 0.347 e. The van der Waals surface area contributed by atoms with Crippen LogP contribution in [-0.2, 0) is 23.6 Å². The van der Waals surface area contributed by atoms with Crippen LogP contribution < -0.4 is 10.6 Å². The zero-order valence-electron chi connectivity index (χ0n) is 15.3. The van der Waals surface area contributed by atoms with Crippen molar-refractivity contribution >= 4 is 5.91 Å². The van der Waals surface area contributed by atoms with Crippen LogP contribution in [0.15, 0.2) is 30.5 Å². The zero-order chi connectivity index (χ0) is 19.8. The highest BCUT2D eigenvalue weighted by atomic mass is 19.4. The normalized spacial score (nSPS) is 26.0. The van der Waals surface area contributed by atoms with E-state index in [1.807, 2.05) is 6.92 Å². The van der Waals surface area contributed by atoms with Crippen molar-refractivity contribution in [2.45, 2.75) is 50.5 Å². The summed E-state index contributed by atoms with van der Waals surface area (Å²) in [6.07, 6.45) is -1.60. The van der Waals surface area contributed by atoms with Crippen molar-refractivity contribution < 1.29 is 18.0 Å². The van der Waals surface area contributed by atoms with Gasteiger partial charge in [-0.05, 0) is 37.5 Å². The molecule has 1 aliphatic rings. The second kappa shape index (κ2) is 6.95. The Kier molecular flexibility index (Phi) is 4.98. The molecule has 0 spiro atoms. The number of aryl methyl sites for hydroxylation is 1. The SMILES string of the molecule is CC(=O)N[C@]1(c2ccc(C(F)(F)F)cc2)C[C@@H](c2cn(C)nn2)N[C@@H](C)C1. The predicted molar refractivity (Wildman–Crippen MR) is 92.5 cm³/mol. The van der Waals surface area contributed by atoms with Crippen LogP contribution in [0.5, 0.6) is 0 Å². The fourth-order valence-corrected chi connectivity index (χ4v) is 3.86. The van der Waals surface area contributed by atoms with Crippen molar-refractivity contribution in [1.29, 1.82) is 0 Å². The minimum Gasteiger partial charge on any atom is -0.347 e. The Morgan fingerprint density at radius 3 is 2.48 bits per heavy atom.